The molecule has 0 bridgehead atoms. The first kappa shape index (κ1) is 15.7. The molecule has 1 aliphatic carbocycles. The standard InChI is InChI=1S/C16H25N3O2/c1-11(2)8-16(6-4-5-7-16)10-18-15-17-9-13(14(20)21)12(3)19-15/h9,11H,4-8,10H2,1-3H3,(H,20,21)(H,17,18,19). The highest BCUT2D eigenvalue weighted by atomic mass is 16.4. The predicted molar refractivity (Wildman–Crippen MR) is 82.6 cm³/mol. The number of anilines is 1. The molecule has 5 heteroatoms. The van der Waals surface area contributed by atoms with Crippen LogP contribution in [0.25, 0.3) is 0 Å². The molecule has 0 radical (unpaired) electrons. The molecule has 0 unspecified atom stereocenters. The smallest absolute Gasteiger partial charge is 0.339 e. The minimum Gasteiger partial charge on any atom is -0.478 e. The monoisotopic (exact) mass is 291 g/mol. The number of nitrogens with zero attached hydrogens (tertiary/aromatic N) is 2. The van der Waals surface area contributed by atoms with Crippen molar-refractivity contribution in [3.63, 3.8) is 0 Å². The van der Waals surface area contributed by atoms with Crippen molar-refractivity contribution >= 4 is 11.9 Å². The number of carboxylic acids is 1. The molecule has 116 valence electrons. The SMILES string of the molecule is Cc1nc(NCC2(CC(C)C)CCCC2)ncc1C(=O)O. The van der Waals surface area contributed by atoms with E-state index >= 15 is 0 Å². The van der Waals surface area contributed by atoms with Gasteiger partial charge in [0.25, 0.3) is 0 Å². The van der Waals surface area contributed by atoms with Crippen LogP contribution in [0.5, 0.6) is 0 Å². The minimum absolute atomic E-state index is 0.165. The molecular weight excluding hydrogens is 266 g/mol. The second-order valence-corrected chi connectivity index (χ2v) is 6.66. The Labute approximate surface area is 126 Å². The molecule has 1 fully saturated rings. The third kappa shape index (κ3) is 3.93. The normalized spacial score (nSPS) is 17.1. The second kappa shape index (κ2) is 6.41. The number of carboxylic acid groups (broad SMARTS) is 1. The molecular formula is C16H25N3O2. The van der Waals surface area contributed by atoms with Crippen LogP contribution in [0.2, 0.25) is 0 Å². The zero-order valence-corrected chi connectivity index (χ0v) is 13.1. The van der Waals surface area contributed by atoms with Crippen LogP contribution < -0.4 is 5.32 Å². The fourth-order valence-corrected chi connectivity index (χ4v) is 3.47. The van der Waals surface area contributed by atoms with Gasteiger partial charge in [0.05, 0.1) is 11.3 Å². The zero-order valence-electron chi connectivity index (χ0n) is 13.1. The van der Waals surface area contributed by atoms with E-state index in [1.807, 2.05) is 0 Å². The molecule has 0 amide bonds. The van der Waals surface area contributed by atoms with Gasteiger partial charge in [-0.25, -0.2) is 14.8 Å². The van der Waals surface area contributed by atoms with Gasteiger partial charge in [-0.1, -0.05) is 26.7 Å². The Kier molecular flexibility index (Phi) is 4.80. The van der Waals surface area contributed by atoms with Crippen LogP contribution in [0.1, 0.15) is 62.0 Å². The van der Waals surface area contributed by atoms with Crippen LogP contribution in [-0.2, 0) is 0 Å². The van der Waals surface area contributed by atoms with Gasteiger partial charge in [0.1, 0.15) is 0 Å². The summed E-state index contributed by atoms with van der Waals surface area (Å²) in [6.07, 6.45) is 7.70. The third-order valence-electron chi connectivity index (χ3n) is 4.34. The number of hydrogen-bond acceptors (Lipinski definition) is 4. The number of hydrogen-bond donors (Lipinski definition) is 2. The van der Waals surface area contributed by atoms with E-state index in [4.69, 9.17) is 5.11 Å². The molecule has 1 aromatic rings. The number of nitrogens with one attached hydrogen (secondary N) is 1. The van der Waals surface area contributed by atoms with Crippen LogP contribution in [-0.4, -0.2) is 27.6 Å². The average Bonchev–Trinajstić information content (AvgIpc) is 2.84. The summed E-state index contributed by atoms with van der Waals surface area (Å²) in [5, 5.41) is 12.3. The summed E-state index contributed by atoms with van der Waals surface area (Å²) in [4.78, 5) is 19.4. The summed E-state index contributed by atoms with van der Waals surface area (Å²) in [7, 11) is 0. The highest BCUT2D eigenvalue weighted by Gasteiger charge is 2.34. The van der Waals surface area contributed by atoms with Gasteiger partial charge in [-0.15, -0.1) is 0 Å². The molecule has 21 heavy (non-hydrogen) atoms. The summed E-state index contributed by atoms with van der Waals surface area (Å²) in [5.41, 5.74) is 1.01. The number of aryl methyl sites for hydroxylation is 1. The predicted octanol–water partition coefficient (Wildman–Crippen LogP) is 3.50. The average molecular weight is 291 g/mol. The fraction of sp³-hybridized carbons (Fsp3) is 0.688. The Bertz CT molecular complexity index is 508. The zero-order chi connectivity index (χ0) is 15.5. The quantitative estimate of drug-likeness (QED) is 0.839. The molecule has 2 rings (SSSR count). The van der Waals surface area contributed by atoms with E-state index in [0.29, 0.717) is 23.0 Å². The van der Waals surface area contributed by atoms with Gasteiger partial charge in [-0.05, 0) is 37.5 Å². The van der Waals surface area contributed by atoms with Crippen molar-refractivity contribution in [2.24, 2.45) is 11.3 Å². The van der Waals surface area contributed by atoms with Crippen LogP contribution >= 0.6 is 0 Å². The van der Waals surface area contributed by atoms with Crippen molar-refractivity contribution < 1.29 is 9.90 Å². The Balaban J connectivity index is 2.04. The largest absolute Gasteiger partial charge is 0.478 e. The van der Waals surface area contributed by atoms with E-state index in [9.17, 15) is 4.79 Å². The van der Waals surface area contributed by atoms with Gasteiger partial charge in [0.2, 0.25) is 5.95 Å². The Hall–Kier alpha value is -1.65. The van der Waals surface area contributed by atoms with Crippen LogP contribution in [0, 0.1) is 18.3 Å². The summed E-state index contributed by atoms with van der Waals surface area (Å²) >= 11 is 0. The number of aromatic nitrogens is 2. The number of rotatable bonds is 6. The summed E-state index contributed by atoms with van der Waals surface area (Å²) in [6.45, 7) is 7.11. The van der Waals surface area contributed by atoms with Gasteiger partial charge in [0, 0.05) is 12.7 Å². The van der Waals surface area contributed by atoms with Crippen molar-refractivity contribution in [1.82, 2.24) is 9.97 Å². The molecule has 0 aromatic carbocycles. The lowest BCUT2D eigenvalue weighted by atomic mass is 9.78. The Morgan fingerprint density at radius 3 is 2.62 bits per heavy atom. The lowest BCUT2D eigenvalue weighted by molar-refractivity contribution is 0.0695. The van der Waals surface area contributed by atoms with E-state index in [1.165, 1.54) is 38.3 Å². The Morgan fingerprint density at radius 1 is 1.43 bits per heavy atom. The molecule has 2 N–H and O–H groups in total. The minimum atomic E-state index is -0.980. The fourth-order valence-electron chi connectivity index (χ4n) is 3.47. The molecule has 0 aliphatic heterocycles. The van der Waals surface area contributed by atoms with E-state index in [0.717, 1.165) is 6.54 Å². The number of aromatic carboxylic acids is 1. The molecule has 1 aromatic heterocycles. The molecule has 1 saturated carbocycles. The third-order valence-corrected chi connectivity index (χ3v) is 4.34. The summed E-state index contributed by atoms with van der Waals surface area (Å²) in [6, 6.07) is 0. The maximum Gasteiger partial charge on any atom is 0.339 e. The van der Waals surface area contributed by atoms with Crippen LogP contribution in [0.15, 0.2) is 6.20 Å². The van der Waals surface area contributed by atoms with Crippen LogP contribution in [0.4, 0.5) is 5.95 Å². The van der Waals surface area contributed by atoms with Gasteiger partial charge in [-0.2, -0.15) is 0 Å². The highest BCUT2D eigenvalue weighted by Crippen LogP contribution is 2.43. The van der Waals surface area contributed by atoms with Gasteiger partial charge in [-0.3, -0.25) is 0 Å². The molecule has 1 heterocycles. The van der Waals surface area contributed by atoms with Crippen molar-refractivity contribution in [2.75, 3.05) is 11.9 Å². The topological polar surface area (TPSA) is 75.1 Å². The van der Waals surface area contributed by atoms with Gasteiger partial charge in [0.15, 0.2) is 0 Å². The highest BCUT2D eigenvalue weighted by molar-refractivity contribution is 5.88. The molecule has 5 nitrogen and oxygen atoms in total. The van der Waals surface area contributed by atoms with Crippen molar-refractivity contribution in [2.45, 2.75) is 52.9 Å². The first-order valence-electron chi connectivity index (χ1n) is 7.73. The summed E-state index contributed by atoms with van der Waals surface area (Å²) < 4.78 is 0. The first-order valence-corrected chi connectivity index (χ1v) is 7.73. The molecule has 0 spiro atoms. The Morgan fingerprint density at radius 2 is 2.10 bits per heavy atom. The van der Waals surface area contributed by atoms with Crippen LogP contribution in [0.3, 0.4) is 0 Å². The second-order valence-electron chi connectivity index (χ2n) is 6.66. The molecule has 0 atom stereocenters. The maximum absolute atomic E-state index is 11.0. The maximum atomic E-state index is 11.0. The molecule has 1 aliphatic rings. The first-order chi connectivity index (χ1) is 9.92. The lowest BCUT2D eigenvalue weighted by Gasteiger charge is -2.31. The lowest BCUT2D eigenvalue weighted by Crippen LogP contribution is -2.29. The molecule has 0 saturated heterocycles. The van der Waals surface area contributed by atoms with E-state index in [-0.39, 0.29) is 5.56 Å². The number of carbonyl (C=O) groups is 1. The van der Waals surface area contributed by atoms with Gasteiger partial charge < -0.3 is 10.4 Å². The van der Waals surface area contributed by atoms with Crippen molar-refractivity contribution in [3.8, 4) is 0 Å². The van der Waals surface area contributed by atoms with Crippen molar-refractivity contribution in [1.29, 1.82) is 0 Å². The van der Waals surface area contributed by atoms with E-state index in [1.54, 1.807) is 6.92 Å². The van der Waals surface area contributed by atoms with Crippen molar-refractivity contribution in [3.05, 3.63) is 17.5 Å². The van der Waals surface area contributed by atoms with E-state index < -0.39 is 5.97 Å². The summed E-state index contributed by atoms with van der Waals surface area (Å²) in [5.74, 6) is 0.237. The van der Waals surface area contributed by atoms with E-state index in [2.05, 4.69) is 29.1 Å². The van der Waals surface area contributed by atoms with Gasteiger partial charge >= 0.3 is 5.97 Å².